The Labute approximate surface area is 180 Å². The lowest BCUT2D eigenvalue weighted by Gasteiger charge is -2.37. The van der Waals surface area contributed by atoms with E-state index in [0.717, 1.165) is 48.9 Å². The van der Waals surface area contributed by atoms with Crippen molar-refractivity contribution in [3.63, 3.8) is 0 Å². The van der Waals surface area contributed by atoms with Gasteiger partial charge in [0, 0.05) is 32.7 Å². The predicted molar refractivity (Wildman–Crippen MR) is 119 cm³/mol. The molecule has 1 heterocycles. The van der Waals surface area contributed by atoms with Crippen LogP contribution >= 0.6 is 24.8 Å². The fourth-order valence-electron chi connectivity index (χ4n) is 3.32. The zero-order chi connectivity index (χ0) is 18.4. The molecule has 2 aromatic carbocycles. The summed E-state index contributed by atoms with van der Waals surface area (Å²) in [7, 11) is 1.71. The highest BCUT2D eigenvalue weighted by Crippen LogP contribution is 2.28. The van der Waals surface area contributed by atoms with Crippen LogP contribution in [0.4, 0.5) is 5.69 Å². The van der Waals surface area contributed by atoms with Crippen molar-refractivity contribution in [2.24, 2.45) is 0 Å². The molecule has 2 aromatic rings. The summed E-state index contributed by atoms with van der Waals surface area (Å²) in [6.45, 7) is 6.64. The molecule has 156 valence electrons. The number of anilines is 1. The number of para-hydroxylation sites is 3. The molecule has 1 aliphatic rings. The van der Waals surface area contributed by atoms with E-state index in [9.17, 15) is 5.11 Å². The first kappa shape index (κ1) is 24.4. The van der Waals surface area contributed by atoms with Crippen LogP contribution in [0.25, 0.3) is 0 Å². The van der Waals surface area contributed by atoms with Gasteiger partial charge in [0.15, 0.2) is 0 Å². The molecular formula is C21H30Cl2N2O3. The molecule has 0 spiro atoms. The maximum Gasteiger partial charge on any atom is 0.142 e. The highest BCUT2D eigenvalue weighted by Gasteiger charge is 2.21. The van der Waals surface area contributed by atoms with Gasteiger partial charge in [-0.05, 0) is 30.7 Å². The van der Waals surface area contributed by atoms with E-state index in [1.165, 1.54) is 0 Å². The van der Waals surface area contributed by atoms with Crippen molar-refractivity contribution in [2.75, 3.05) is 51.3 Å². The smallest absolute Gasteiger partial charge is 0.142 e. The van der Waals surface area contributed by atoms with Crippen LogP contribution in [0.5, 0.6) is 11.5 Å². The van der Waals surface area contributed by atoms with Crippen LogP contribution in [0.15, 0.2) is 48.5 Å². The van der Waals surface area contributed by atoms with E-state index in [1.54, 1.807) is 7.11 Å². The molecule has 1 atom stereocenters. The lowest BCUT2D eigenvalue weighted by Crippen LogP contribution is -2.49. The quantitative estimate of drug-likeness (QED) is 0.731. The molecule has 0 aromatic heterocycles. The standard InChI is InChI=1S/C21H28N2O3.2ClH/c1-17-7-3-5-9-20(17)26-16-18(24)15-22-11-13-23(14-12-22)19-8-4-6-10-21(19)25-2;;/h3-10,18,24H,11-16H2,1-2H3;2*1H. The number of nitrogens with zero attached hydrogens (tertiary/aromatic N) is 2. The van der Waals surface area contributed by atoms with Crippen LogP contribution in [0, 0.1) is 6.92 Å². The van der Waals surface area contributed by atoms with E-state index in [4.69, 9.17) is 9.47 Å². The molecule has 5 nitrogen and oxygen atoms in total. The monoisotopic (exact) mass is 428 g/mol. The fourth-order valence-corrected chi connectivity index (χ4v) is 3.32. The summed E-state index contributed by atoms with van der Waals surface area (Å²) < 4.78 is 11.2. The van der Waals surface area contributed by atoms with Gasteiger partial charge in [-0.3, -0.25) is 4.90 Å². The molecule has 0 saturated carbocycles. The molecule has 0 bridgehead atoms. The Kier molecular flexibility index (Phi) is 10.5. The van der Waals surface area contributed by atoms with Crippen molar-refractivity contribution in [3.05, 3.63) is 54.1 Å². The minimum absolute atomic E-state index is 0. The van der Waals surface area contributed by atoms with Crippen LogP contribution in [-0.4, -0.2) is 62.6 Å². The summed E-state index contributed by atoms with van der Waals surface area (Å²) in [5, 5.41) is 10.3. The molecule has 0 radical (unpaired) electrons. The zero-order valence-electron chi connectivity index (χ0n) is 16.4. The number of aliphatic hydroxyl groups excluding tert-OH is 1. The number of piperazine rings is 1. The second-order valence-corrected chi connectivity index (χ2v) is 6.69. The van der Waals surface area contributed by atoms with E-state index in [0.29, 0.717) is 13.2 Å². The predicted octanol–water partition coefficient (Wildman–Crippen LogP) is 3.41. The molecular weight excluding hydrogens is 399 g/mol. The van der Waals surface area contributed by atoms with Gasteiger partial charge in [0.1, 0.15) is 24.2 Å². The summed E-state index contributed by atoms with van der Waals surface area (Å²) in [4.78, 5) is 4.63. The van der Waals surface area contributed by atoms with E-state index < -0.39 is 6.10 Å². The molecule has 1 fully saturated rings. The van der Waals surface area contributed by atoms with E-state index in [2.05, 4.69) is 15.9 Å². The number of halogens is 2. The molecule has 1 unspecified atom stereocenters. The fraction of sp³-hybridized carbons (Fsp3) is 0.429. The largest absolute Gasteiger partial charge is 0.495 e. The number of aliphatic hydroxyl groups is 1. The Morgan fingerprint density at radius 1 is 0.929 bits per heavy atom. The highest BCUT2D eigenvalue weighted by molar-refractivity contribution is 5.85. The molecule has 1 saturated heterocycles. The van der Waals surface area contributed by atoms with Gasteiger partial charge in [-0.25, -0.2) is 0 Å². The lowest BCUT2D eigenvalue weighted by atomic mass is 10.2. The second kappa shape index (κ2) is 12.0. The van der Waals surface area contributed by atoms with Crippen molar-refractivity contribution < 1.29 is 14.6 Å². The average Bonchev–Trinajstić information content (AvgIpc) is 2.68. The van der Waals surface area contributed by atoms with Crippen molar-refractivity contribution in [3.8, 4) is 11.5 Å². The summed E-state index contributed by atoms with van der Waals surface area (Å²) in [5.41, 5.74) is 2.23. The van der Waals surface area contributed by atoms with Crippen LogP contribution in [0.2, 0.25) is 0 Å². The second-order valence-electron chi connectivity index (χ2n) is 6.69. The van der Waals surface area contributed by atoms with Crippen molar-refractivity contribution in [1.82, 2.24) is 4.90 Å². The number of rotatable bonds is 7. The number of ether oxygens (including phenoxy) is 2. The van der Waals surface area contributed by atoms with Gasteiger partial charge < -0.3 is 19.5 Å². The Balaban J connectivity index is 0.00000196. The van der Waals surface area contributed by atoms with Gasteiger partial charge in [-0.2, -0.15) is 0 Å². The zero-order valence-corrected chi connectivity index (χ0v) is 18.0. The molecule has 1 N–H and O–H groups in total. The van der Waals surface area contributed by atoms with Crippen LogP contribution in [-0.2, 0) is 0 Å². The number of methoxy groups -OCH3 is 1. The average molecular weight is 429 g/mol. The van der Waals surface area contributed by atoms with Gasteiger partial charge in [0.05, 0.1) is 12.8 Å². The third-order valence-corrected chi connectivity index (χ3v) is 4.79. The highest BCUT2D eigenvalue weighted by atomic mass is 35.5. The SMILES string of the molecule is COc1ccccc1N1CCN(CC(O)COc2ccccc2C)CC1.Cl.Cl. The molecule has 0 amide bonds. The first-order valence-corrected chi connectivity index (χ1v) is 9.14. The van der Waals surface area contributed by atoms with Crippen molar-refractivity contribution >= 4 is 30.5 Å². The first-order chi connectivity index (χ1) is 12.7. The summed E-state index contributed by atoms with van der Waals surface area (Å²) in [6.07, 6.45) is -0.493. The summed E-state index contributed by atoms with van der Waals surface area (Å²) in [5.74, 6) is 1.75. The van der Waals surface area contributed by atoms with Crippen LogP contribution in [0.3, 0.4) is 0 Å². The number of benzene rings is 2. The molecule has 28 heavy (non-hydrogen) atoms. The van der Waals surface area contributed by atoms with Gasteiger partial charge in [-0.15, -0.1) is 24.8 Å². The van der Waals surface area contributed by atoms with Crippen molar-refractivity contribution in [2.45, 2.75) is 13.0 Å². The van der Waals surface area contributed by atoms with Crippen LogP contribution in [0.1, 0.15) is 5.56 Å². The maximum atomic E-state index is 10.3. The van der Waals surface area contributed by atoms with Gasteiger partial charge in [-0.1, -0.05) is 30.3 Å². The summed E-state index contributed by atoms with van der Waals surface area (Å²) >= 11 is 0. The number of hydrogen-bond acceptors (Lipinski definition) is 5. The van der Waals surface area contributed by atoms with Gasteiger partial charge in [0.2, 0.25) is 0 Å². The topological polar surface area (TPSA) is 45.2 Å². The van der Waals surface area contributed by atoms with Crippen LogP contribution < -0.4 is 14.4 Å². The minimum atomic E-state index is -0.493. The Morgan fingerprint density at radius 3 is 2.18 bits per heavy atom. The third kappa shape index (κ3) is 6.45. The normalized spacial score (nSPS) is 15.2. The summed E-state index contributed by atoms with van der Waals surface area (Å²) in [6, 6.07) is 16.0. The van der Waals surface area contributed by atoms with Crippen molar-refractivity contribution in [1.29, 1.82) is 0 Å². The van der Waals surface area contributed by atoms with Gasteiger partial charge >= 0.3 is 0 Å². The third-order valence-electron chi connectivity index (χ3n) is 4.79. The first-order valence-electron chi connectivity index (χ1n) is 9.14. The van der Waals surface area contributed by atoms with E-state index in [-0.39, 0.29) is 24.8 Å². The maximum absolute atomic E-state index is 10.3. The molecule has 0 aliphatic carbocycles. The molecule has 1 aliphatic heterocycles. The van der Waals surface area contributed by atoms with E-state index >= 15 is 0 Å². The number of β-amino-alcohol motifs (C(OH)–C–C–N with tert-alkyl or cyclic N) is 1. The minimum Gasteiger partial charge on any atom is -0.495 e. The molecule has 3 rings (SSSR count). The molecule has 7 heteroatoms. The van der Waals surface area contributed by atoms with Gasteiger partial charge in [0.25, 0.3) is 0 Å². The lowest BCUT2D eigenvalue weighted by molar-refractivity contribution is 0.0660. The van der Waals surface area contributed by atoms with E-state index in [1.807, 2.05) is 49.4 Å². The number of hydrogen-bond donors (Lipinski definition) is 1. The Hall–Kier alpha value is -1.66. The number of aryl methyl sites for hydroxylation is 1. The Morgan fingerprint density at radius 2 is 1.54 bits per heavy atom. The Bertz CT molecular complexity index is 710.